The van der Waals surface area contributed by atoms with Crippen molar-refractivity contribution < 1.29 is 8.94 Å². The lowest BCUT2D eigenvalue weighted by Gasteiger charge is -2.33. The lowest BCUT2D eigenvalue weighted by molar-refractivity contribution is 0.137. The van der Waals surface area contributed by atoms with E-state index in [-0.39, 0.29) is 0 Å². The molecule has 4 aromatic rings. The van der Waals surface area contributed by atoms with Crippen LogP contribution < -0.4 is 0 Å². The minimum atomic E-state index is 0.352. The fourth-order valence-electron chi connectivity index (χ4n) is 3.62. The zero-order valence-corrected chi connectivity index (χ0v) is 15.1. The number of aromatic nitrogens is 2. The molecule has 0 saturated carbocycles. The molecule has 3 aromatic heterocycles. The number of piperidine rings is 1. The van der Waals surface area contributed by atoms with Crippen molar-refractivity contribution in [1.29, 1.82) is 0 Å². The molecule has 26 heavy (non-hydrogen) atoms. The van der Waals surface area contributed by atoms with E-state index in [1.807, 2.05) is 29.5 Å². The van der Waals surface area contributed by atoms with Gasteiger partial charge in [0.15, 0.2) is 5.76 Å². The molecule has 0 bridgehead atoms. The third kappa shape index (κ3) is 2.95. The van der Waals surface area contributed by atoms with E-state index in [9.17, 15) is 0 Å². The van der Waals surface area contributed by atoms with Crippen LogP contribution >= 0.6 is 11.3 Å². The molecule has 1 fully saturated rings. The number of furan rings is 1. The van der Waals surface area contributed by atoms with Crippen molar-refractivity contribution in [3.8, 4) is 11.5 Å². The van der Waals surface area contributed by atoms with E-state index in [4.69, 9.17) is 13.9 Å². The standard InChI is InChI=1S/C20H19N3O2S/c1-2-9-19-15(6-1)21-20(26-19)16-7-3-4-10-23(16)13-14-12-18(25-22-14)17-8-5-11-24-17/h1-2,5-6,8-9,11-12,16H,3-4,7,10,13H2/t16-/m0/s1. The third-order valence-electron chi connectivity index (χ3n) is 4.90. The Hall–Kier alpha value is -2.44. The second kappa shape index (κ2) is 6.70. The molecule has 5 rings (SSSR count). The van der Waals surface area contributed by atoms with E-state index in [2.05, 4.69) is 34.3 Å². The maximum absolute atomic E-state index is 5.46. The SMILES string of the molecule is c1coc(-c2cc(CN3CCCC[C@H]3c3nc4ccccc4s3)no2)c1. The van der Waals surface area contributed by atoms with E-state index in [0.29, 0.717) is 17.6 Å². The van der Waals surface area contributed by atoms with E-state index < -0.39 is 0 Å². The molecule has 0 radical (unpaired) electrons. The third-order valence-corrected chi connectivity index (χ3v) is 6.03. The van der Waals surface area contributed by atoms with E-state index in [1.165, 1.54) is 22.5 Å². The Morgan fingerprint density at radius 2 is 2.08 bits per heavy atom. The molecule has 1 atom stereocenters. The monoisotopic (exact) mass is 365 g/mol. The summed E-state index contributed by atoms with van der Waals surface area (Å²) in [6.45, 7) is 1.83. The van der Waals surface area contributed by atoms with Gasteiger partial charge in [-0.1, -0.05) is 23.7 Å². The minimum Gasteiger partial charge on any atom is -0.461 e. The first-order chi connectivity index (χ1) is 12.9. The van der Waals surface area contributed by atoms with Crippen LogP contribution in [0.25, 0.3) is 21.7 Å². The number of thiazole rings is 1. The van der Waals surface area contributed by atoms with Gasteiger partial charge in [0.25, 0.3) is 0 Å². The van der Waals surface area contributed by atoms with Crippen LogP contribution in [0.2, 0.25) is 0 Å². The summed E-state index contributed by atoms with van der Waals surface area (Å²) >= 11 is 1.81. The van der Waals surface area contributed by atoms with Crippen LogP contribution in [0.5, 0.6) is 0 Å². The van der Waals surface area contributed by atoms with Gasteiger partial charge >= 0.3 is 0 Å². The van der Waals surface area contributed by atoms with Gasteiger partial charge in [0.1, 0.15) is 5.01 Å². The molecule has 0 spiro atoms. The van der Waals surface area contributed by atoms with Crippen LogP contribution in [0.15, 0.2) is 57.7 Å². The molecule has 5 nitrogen and oxygen atoms in total. The van der Waals surface area contributed by atoms with Crippen molar-refractivity contribution >= 4 is 21.6 Å². The topological polar surface area (TPSA) is 55.3 Å². The van der Waals surface area contributed by atoms with Crippen molar-refractivity contribution in [2.45, 2.75) is 31.8 Å². The van der Waals surface area contributed by atoms with Crippen molar-refractivity contribution in [2.75, 3.05) is 6.54 Å². The zero-order valence-electron chi connectivity index (χ0n) is 14.3. The number of benzene rings is 1. The molecule has 1 saturated heterocycles. The highest BCUT2D eigenvalue weighted by Gasteiger charge is 2.27. The van der Waals surface area contributed by atoms with Gasteiger partial charge in [-0.2, -0.15) is 0 Å². The van der Waals surface area contributed by atoms with Crippen molar-refractivity contribution in [1.82, 2.24) is 15.0 Å². The van der Waals surface area contributed by atoms with Crippen LogP contribution in [0.4, 0.5) is 0 Å². The summed E-state index contributed by atoms with van der Waals surface area (Å²) in [6.07, 6.45) is 5.24. The first kappa shape index (κ1) is 15.8. The van der Waals surface area contributed by atoms with Gasteiger partial charge in [0, 0.05) is 12.6 Å². The van der Waals surface area contributed by atoms with Gasteiger partial charge in [0.05, 0.1) is 28.2 Å². The highest BCUT2D eigenvalue weighted by Crippen LogP contribution is 2.36. The second-order valence-corrected chi connectivity index (χ2v) is 7.72. The normalized spacial score (nSPS) is 18.5. The zero-order chi connectivity index (χ0) is 17.3. The lowest BCUT2D eigenvalue weighted by Crippen LogP contribution is -2.32. The average Bonchev–Trinajstić information content (AvgIpc) is 3.42. The summed E-state index contributed by atoms with van der Waals surface area (Å²) in [5.41, 5.74) is 2.03. The van der Waals surface area contributed by atoms with E-state index in [0.717, 1.165) is 30.7 Å². The van der Waals surface area contributed by atoms with E-state index >= 15 is 0 Å². The number of rotatable bonds is 4. The van der Waals surface area contributed by atoms with Crippen LogP contribution in [-0.2, 0) is 6.54 Å². The minimum absolute atomic E-state index is 0.352. The Kier molecular flexibility index (Phi) is 4.07. The fourth-order valence-corrected chi connectivity index (χ4v) is 4.76. The summed E-state index contributed by atoms with van der Waals surface area (Å²) in [4.78, 5) is 7.37. The predicted molar refractivity (Wildman–Crippen MR) is 101 cm³/mol. The number of fused-ring (bicyclic) bond motifs is 1. The largest absolute Gasteiger partial charge is 0.461 e. The summed E-state index contributed by atoms with van der Waals surface area (Å²) in [5.74, 6) is 1.39. The van der Waals surface area contributed by atoms with Gasteiger partial charge in [0.2, 0.25) is 5.76 Å². The number of hydrogen-bond donors (Lipinski definition) is 0. The Morgan fingerprint density at radius 1 is 1.12 bits per heavy atom. The van der Waals surface area contributed by atoms with Gasteiger partial charge < -0.3 is 8.94 Å². The van der Waals surface area contributed by atoms with Crippen LogP contribution in [0.1, 0.15) is 36.0 Å². The molecular weight excluding hydrogens is 346 g/mol. The van der Waals surface area contributed by atoms with Gasteiger partial charge in [-0.15, -0.1) is 11.3 Å². The molecule has 0 amide bonds. The smallest absolute Gasteiger partial charge is 0.202 e. The first-order valence-corrected chi connectivity index (χ1v) is 9.77. The van der Waals surface area contributed by atoms with Crippen LogP contribution in [0, 0.1) is 0 Å². The molecular formula is C20H19N3O2S. The maximum atomic E-state index is 5.46. The molecule has 1 aromatic carbocycles. The van der Waals surface area contributed by atoms with Crippen molar-refractivity contribution in [3.05, 3.63) is 59.4 Å². The summed E-state index contributed by atoms with van der Waals surface area (Å²) < 4.78 is 12.1. The Bertz CT molecular complexity index is 972. The Balaban J connectivity index is 1.39. The number of hydrogen-bond acceptors (Lipinski definition) is 6. The number of para-hydroxylation sites is 1. The lowest BCUT2D eigenvalue weighted by atomic mass is 10.0. The highest BCUT2D eigenvalue weighted by molar-refractivity contribution is 7.18. The molecule has 0 N–H and O–H groups in total. The molecule has 0 aliphatic carbocycles. The van der Waals surface area contributed by atoms with E-state index in [1.54, 1.807) is 6.26 Å². The predicted octanol–water partition coefficient (Wildman–Crippen LogP) is 5.27. The highest BCUT2D eigenvalue weighted by atomic mass is 32.1. The Labute approximate surface area is 155 Å². The van der Waals surface area contributed by atoms with Crippen molar-refractivity contribution in [2.24, 2.45) is 0 Å². The first-order valence-electron chi connectivity index (χ1n) is 8.96. The molecule has 0 unspecified atom stereocenters. The fraction of sp³-hybridized carbons (Fsp3) is 0.300. The van der Waals surface area contributed by atoms with Crippen LogP contribution in [-0.4, -0.2) is 21.6 Å². The average molecular weight is 365 g/mol. The Morgan fingerprint density at radius 3 is 2.96 bits per heavy atom. The maximum Gasteiger partial charge on any atom is 0.202 e. The molecule has 4 heterocycles. The summed E-state index contributed by atoms with van der Waals surface area (Å²) in [6, 6.07) is 14.4. The number of likely N-dealkylation sites (tertiary alicyclic amines) is 1. The number of nitrogens with zero attached hydrogens (tertiary/aromatic N) is 3. The van der Waals surface area contributed by atoms with Crippen LogP contribution in [0.3, 0.4) is 0 Å². The second-order valence-electron chi connectivity index (χ2n) is 6.66. The van der Waals surface area contributed by atoms with Gasteiger partial charge in [-0.25, -0.2) is 4.98 Å². The molecule has 1 aliphatic heterocycles. The molecule has 1 aliphatic rings. The van der Waals surface area contributed by atoms with Gasteiger partial charge in [-0.3, -0.25) is 4.90 Å². The molecule has 132 valence electrons. The van der Waals surface area contributed by atoms with Crippen molar-refractivity contribution in [3.63, 3.8) is 0 Å². The summed E-state index contributed by atoms with van der Waals surface area (Å²) in [7, 11) is 0. The molecule has 6 heteroatoms. The summed E-state index contributed by atoms with van der Waals surface area (Å²) in [5, 5.41) is 5.45. The van der Waals surface area contributed by atoms with Gasteiger partial charge in [-0.05, 0) is 43.7 Å². The quantitative estimate of drug-likeness (QED) is 0.493.